The van der Waals surface area contributed by atoms with Crippen LogP contribution in [-0.4, -0.2) is 46.8 Å². The molecule has 0 aliphatic carbocycles. The molecule has 0 spiro atoms. The lowest BCUT2D eigenvalue weighted by Gasteiger charge is -2.12. The number of aryl methyl sites for hydroxylation is 1. The van der Waals surface area contributed by atoms with Crippen LogP contribution in [0.25, 0.3) is 22.2 Å². The van der Waals surface area contributed by atoms with Gasteiger partial charge in [-0.05, 0) is 99.8 Å². The predicted molar refractivity (Wildman–Crippen MR) is 202 cm³/mol. The van der Waals surface area contributed by atoms with E-state index in [9.17, 15) is 0 Å². The number of hydrogen-bond donors (Lipinski definition) is 3. The highest BCUT2D eigenvalue weighted by molar-refractivity contribution is 5.95. The Balaban J connectivity index is 0.000000672. The molecule has 0 saturated carbocycles. The number of nitrogens with zero attached hydrogens (tertiary/aromatic N) is 3. The van der Waals surface area contributed by atoms with Crippen molar-refractivity contribution >= 4 is 28.0 Å². The molecule has 0 atom stereocenters. The van der Waals surface area contributed by atoms with Crippen molar-refractivity contribution in [2.24, 2.45) is 0 Å². The van der Waals surface area contributed by atoms with Crippen LogP contribution in [0.2, 0.25) is 0 Å². The molecule has 252 valence electrons. The highest BCUT2D eigenvalue weighted by atomic mass is 19.1. The Kier molecular flexibility index (Phi) is 17.1. The number of anilines is 1. The third kappa shape index (κ3) is 11.5. The first-order chi connectivity index (χ1) is 22.7. The summed E-state index contributed by atoms with van der Waals surface area (Å²) in [4.78, 5) is 6.76. The molecule has 0 unspecified atom stereocenters. The summed E-state index contributed by atoms with van der Waals surface area (Å²) in [7, 11) is 2.17. The van der Waals surface area contributed by atoms with Crippen LogP contribution in [0.5, 0.6) is 0 Å². The normalized spacial score (nSPS) is 11.4. The molecule has 7 heteroatoms. The van der Waals surface area contributed by atoms with E-state index >= 15 is 4.39 Å². The molecule has 0 saturated heterocycles. The highest BCUT2D eigenvalue weighted by Gasteiger charge is 2.19. The number of benzene rings is 2. The molecule has 3 N–H and O–H groups in total. The Morgan fingerprint density at radius 1 is 1.02 bits per heavy atom. The van der Waals surface area contributed by atoms with Crippen LogP contribution in [0.15, 0.2) is 91.7 Å². The molecule has 0 fully saturated rings. The number of aromatic nitrogens is 3. The van der Waals surface area contributed by atoms with Crippen molar-refractivity contribution in [3.05, 3.63) is 125 Å². The number of halogens is 1. The quantitative estimate of drug-likeness (QED) is 0.120. The Hall–Kier alpha value is -4.33. The predicted octanol–water partition coefficient (Wildman–Crippen LogP) is 9.87. The fraction of sp³-hybridized carbons (Fsp3) is 0.350. The van der Waals surface area contributed by atoms with Crippen molar-refractivity contribution in [3.63, 3.8) is 0 Å². The van der Waals surface area contributed by atoms with Crippen LogP contribution in [-0.2, 0) is 6.54 Å². The molecular weight excluding hydrogens is 583 g/mol. The van der Waals surface area contributed by atoms with Gasteiger partial charge in [0.05, 0.1) is 16.6 Å². The SMILES string of the molecule is C=C/C(=C\C(=C/C)c1ccc2[nH]nc(C(=C)Nc3nccc(C)c3C)c2c1F)CNCc1ccccc1.CC.CCCN(C)CCC. The van der Waals surface area contributed by atoms with E-state index < -0.39 is 0 Å². The second kappa shape index (κ2) is 20.7. The smallest absolute Gasteiger partial charge is 0.142 e. The molecule has 0 bridgehead atoms. The lowest BCUT2D eigenvalue weighted by molar-refractivity contribution is 0.335. The summed E-state index contributed by atoms with van der Waals surface area (Å²) in [5.41, 5.74) is 7.00. The van der Waals surface area contributed by atoms with Gasteiger partial charge in [-0.1, -0.05) is 89.4 Å². The van der Waals surface area contributed by atoms with Crippen LogP contribution in [0.4, 0.5) is 10.2 Å². The van der Waals surface area contributed by atoms with Crippen LogP contribution in [0.1, 0.15) is 75.4 Å². The maximum atomic E-state index is 16.0. The first kappa shape index (κ1) is 38.9. The number of fused-ring (bicyclic) bond motifs is 1. The van der Waals surface area contributed by atoms with Gasteiger partial charge >= 0.3 is 0 Å². The Morgan fingerprint density at radius 2 is 1.70 bits per heavy atom. The summed E-state index contributed by atoms with van der Waals surface area (Å²) in [5.74, 6) is 0.316. The minimum atomic E-state index is -0.358. The number of aromatic amines is 1. The third-order valence-electron chi connectivity index (χ3n) is 7.63. The molecule has 2 aromatic heterocycles. The van der Waals surface area contributed by atoms with E-state index in [4.69, 9.17) is 0 Å². The number of allylic oxidation sites excluding steroid dienone is 3. The van der Waals surface area contributed by atoms with E-state index in [2.05, 4.69) is 76.9 Å². The van der Waals surface area contributed by atoms with E-state index in [1.165, 1.54) is 31.5 Å². The largest absolute Gasteiger partial charge is 0.339 e. The van der Waals surface area contributed by atoms with Crippen LogP contribution >= 0.6 is 0 Å². The van der Waals surface area contributed by atoms with E-state index in [1.54, 1.807) is 18.3 Å². The number of H-pyrrole nitrogens is 1. The van der Waals surface area contributed by atoms with Gasteiger partial charge < -0.3 is 15.5 Å². The number of rotatable bonds is 14. The average Bonchev–Trinajstić information content (AvgIpc) is 3.53. The summed E-state index contributed by atoms with van der Waals surface area (Å²) in [6, 6.07) is 15.7. The van der Waals surface area contributed by atoms with Crippen molar-refractivity contribution in [3.8, 4) is 0 Å². The van der Waals surface area contributed by atoms with Gasteiger partial charge in [0.15, 0.2) is 0 Å². The lowest BCUT2D eigenvalue weighted by Crippen LogP contribution is -2.19. The third-order valence-corrected chi connectivity index (χ3v) is 7.63. The van der Waals surface area contributed by atoms with E-state index in [0.29, 0.717) is 40.2 Å². The van der Waals surface area contributed by atoms with Crippen LogP contribution < -0.4 is 10.6 Å². The minimum Gasteiger partial charge on any atom is -0.339 e. The molecule has 47 heavy (non-hydrogen) atoms. The molecule has 0 aliphatic rings. The molecule has 2 aromatic carbocycles. The van der Waals surface area contributed by atoms with E-state index in [0.717, 1.165) is 28.8 Å². The van der Waals surface area contributed by atoms with Crippen molar-refractivity contribution in [1.29, 1.82) is 0 Å². The maximum Gasteiger partial charge on any atom is 0.142 e. The molecule has 0 radical (unpaired) electrons. The molecular formula is C40H55FN6. The summed E-state index contributed by atoms with van der Waals surface area (Å²) in [6.07, 6.45) is 9.94. The monoisotopic (exact) mass is 638 g/mol. The van der Waals surface area contributed by atoms with Crippen LogP contribution in [0, 0.1) is 19.7 Å². The molecule has 4 rings (SSSR count). The van der Waals surface area contributed by atoms with Gasteiger partial charge in [0.25, 0.3) is 0 Å². The molecule has 6 nitrogen and oxygen atoms in total. The summed E-state index contributed by atoms with van der Waals surface area (Å²) >= 11 is 0. The fourth-order valence-electron chi connectivity index (χ4n) is 5.00. The fourth-order valence-corrected chi connectivity index (χ4v) is 5.00. The van der Waals surface area contributed by atoms with Crippen molar-refractivity contribution < 1.29 is 4.39 Å². The summed E-state index contributed by atoms with van der Waals surface area (Å²) in [5, 5.41) is 14.3. The molecule has 0 amide bonds. The zero-order chi connectivity index (χ0) is 34.8. The standard InChI is InChI=1S/C31H32FN5.C7H17N.C2H6/c1-6-23(18-33-19-24-11-9-8-10-12-24)17-25(7-2)26-13-14-27-28(29(26)32)30(37-36-27)22(5)35-31-21(4)20(3)15-16-34-31;1-4-6-8(3)7-5-2;1-2/h6-17,33H,1,5,18-19H2,2-4H3,(H,34,35)(H,36,37);4-7H2,1-3H3;1-2H3/b23-17+,25-7+;;. The second-order valence-electron chi connectivity index (χ2n) is 11.2. The maximum absolute atomic E-state index is 16.0. The molecule has 4 aromatic rings. The lowest BCUT2D eigenvalue weighted by atomic mass is 9.99. The number of hydrogen-bond acceptors (Lipinski definition) is 5. The van der Waals surface area contributed by atoms with Crippen molar-refractivity contribution in [2.45, 2.75) is 67.9 Å². The van der Waals surface area contributed by atoms with Gasteiger partial charge in [-0.2, -0.15) is 5.10 Å². The van der Waals surface area contributed by atoms with Gasteiger partial charge in [-0.15, -0.1) is 0 Å². The van der Waals surface area contributed by atoms with Gasteiger partial charge in [0, 0.05) is 24.8 Å². The topological polar surface area (TPSA) is 68.9 Å². The van der Waals surface area contributed by atoms with E-state index in [-0.39, 0.29) is 5.82 Å². The number of pyridine rings is 1. The minimum absolute atomic E-state index is 0.358. The summed E-state index contributed by atoms with van der Waals surface area (Å²) < 4.78 is 16.0. The zero-order valence-electron chi connectivity index (χ0n) is 29.8. The second-order valence-corrected chi connectivity index (χ2v) is 11.2. The average molecular weight is 639 g/mol. The highest BCUT2D eigenvalue weighted by Crippen LogP contribution is 2.31. The van der Waals surface area contributed by atoms with Gasteiger partial charge in [0.2, 0.25) is 0 Å². The van der Waals surface area contributed by atoms with E-state index in [1.807, 2.05) is 77.1 Å². The molecule has 0 aliphatic heterocycles. The van der Waals surface area contributed by atoms with Crippen molar-refractivity contribution in [1.82, 2.24) is 25.4 Å². The Morgan fingerprint density at radius 3 is 2.32 bits per heavy atom. The van der Waals surface area contributed by atoms with Crippen molar-refractivity contribution in [2.75, 3.05) is 32.0 Å². The number of nitrogens with one attached hydrogen (secondary N) is 3. The molecule has 2 heterocycles. The Bertz CT molecular complexity index is 1610. The van der Waals surface area contributed by atoms with Gasteiger partial charge in [-0.25, -0.2) is 9.37 Å². The van der Waals surface area contributed by atoms with Gasteiger partial charge in [0.1, 0.15) is 17.3 Å². The van der Waals surface area contributed by atoms with Gasteiger partial charge in [-0.3, -0.25) is 5.10 Å². The zero-order valence-corrected chi connectivity index (χ0v) is 29.8. The summed E-state index contributed by atoms with van der Waals surface area (Å²) in [6.45, 7) is 26.2. The van der Waals surface area contributed by atoms with Crippen LogP contribution in [0.3, 0.4) is 0 Å². The Labute approximate surface area is 282 Å². The first-order valence-corrected chi connectivity index (χ1v) is 16.7. The first-order valence-electron chi connectivity index (χ1n) is 16.7.